The molecule has 1 amide bonds. The lowest BCUT2D eigenvalue weighted by Gasteiger charge is -2.31. The van der Waals surface area contributed by atoms with Crippen molar-refractivity contribution in [3.63, 3.8) is 0 Å². The molecule has 0 aliphatic carbocycles. The zero-order valence-corrected chi connectivity index (χ0v) is 14.6. The Hall–Kier alpha value is -1.33. The van der Waals surface area contributed by atoms with Crippen LogP contribution in [-0.4, -0.2) is 26.3 Å². The molecule has 1 atom stereocenters. The minimum Gasteiger partial charge on any atom is -0.445 e. The van der Waals surface area contributed by atoms with E-state index < -0.39 is 19.7 Å². The molecule has 4 nitrogen and oxygen atoms in total. The van der Waals surface area contributed by atoms with Gasteiger partial charge in [0.1, 0.15) is 6.61 Å². The lowest BCUT2D eigenvalue weighted by molar-refractivity contribution is 0.128. The number of benzene rings is 1. The quantitative estimate of drug-likeness (QED) is 0.759. The van der Waals surface area contributed by atoms with Crippen LogP contribution in [0.5, 0.6) is 0 Å². The summed E-state index contributed by atoms with van der Waals surface area (Å²) in [5, 5.41) is 2.92. The summed E-state index contributed by atoms with van der Waals surface area (Å²) in [4.78, 5) is 11.9. The van der Waals surface area contributed by atoms with Gasteiger partial charge in [0.15, 0.2) is 0 Å². The van der Waals surface area contributed by atoms with E-state index in [4.69, 9.17) is 10.5 Å². The number of nitrogens with two attached hydrogens (primary N) is 1. The molecule has 0 aliphatic rings. The first-order valence-corrected chi connectivity index (χ1v) is 11.1. The molecule has 0 heterocycles. The first kappa shape index (κ1) is 17.7. The number of carbonyl (C=O) groups excluding carboxylic acids is 1. The van der Waals surface area contributed by atoms with Gasteiger partial charge in [0, 0.05) is 14.6 Å². The summed E-state index contributed by atoms with van der Waals surface area (Å²) < 4.78 is 5.26. The first-order valence-electron chi connectivity index (χ1n) is 7.43. The number of nitrogens with one attached hydrogen (secondary N) is 1. The Morgan fingerprint density at radius 3 is 2.43 bits per heavy atom. The Balaban J connectivity index is 2.46. The molecule has 0 bridgehead atoms. The molecular weight excluding hydrogens is 280 g/mol. The minimum absolute atomic E-state index is 0.279. The minimum atomic E-state index is -1.15. The van der Waals surface area contributed by atoms with E-state index in [9.17, 15) is 4.79 Å². The van der Waals surface area contributed by atoms with Gasteiger partial charge < -0.3 is 15.8 Å². The van der Waals surface area contributed by atoms with Gasteiger partial charge in [-0.1, -0.05) is 56.0 Å². The van der Waals surface area contributed by atoms with Gasteiger partial charge in [-0.2, -0.15) is 0 Å². The van der Waals surface area contributed by atoms with Crippen LogP contribution in [0, 0.1) is 0 Å². The monoisotopic (exact) mass is 308 g/mol. The summed E-state index contributed by atoms with van der Waals surface area (Å²) in [5.41, 5.74) is 6.42. The molecule has 1 unspecified atom stereocenters. The summed E-state index contributed by atoms with van der Waals surface area (Å²) in [6, 6.07) is 10.8. The summed E-state index contributed by atoms with van der Waals surface area (Å²) in [5.74, 6) is 0. The van der Waals surface area contributed by atoms with Gasteiger partial charge in [0.25, 0.3) is 0 Å². The standard InChI is InChI=1S/C16H28N2O2Si/c1-16(13-17,10-11-21(2,3)4)18-15(19)20-12-14-8-6-5-7-9-14/h5-9H,10-13,17H2,1-4H3,(H,18,19). The lowest BCUT2D eigenvalue weighted by atomic mass is 10.00. The van der Waals surface area contributed by atoms with Crippen molar-refractivity contribution in [2.75, 3.05) is 6.54 Å². The van der Waals surface area contributed by atoms with Crippen LogP contribution >= 0.6 is 0 Å². The zero-order valence-electron chi connectivity index (χ0n) is 13.6. The fourth-order valence-electron chi connectivity index (χ4n) is 1.87. The average molecular weight is 308 g/mol. The van der Waals surface area contributed by atoms with Gasteiger partial charge in [-0.05, 0) is 18.9 Å². The highest BCUT2D eigenvalue weighted by molar-refractivity contribution is 6.76. The highest BCUT2D eigenvalue weighted by atomic mass is 28.3. The van der Waals surface area contributed by atoms with E-state index in [-0.39, 0.29) is 6.61 Å². The molecule has 1 aromatic carbocycles. The normalized spacial score (nSPS) is 14.3. The predicted octanol–water partition coefficient (Wildman–Crippen LogP) is 3.36. The van der Waals surface area contributed by atoms with Gasteiger partial charge in [0.2, 0.25) is 0 Å². The maximum atomic E-state index is 11.9. The highest BCUT2D eigenvalue weighted by Gasteiger charge is 2.28. The zero-order chi connectivity index (χ0) is 15.9. The third kappa shape index (κ3) is 7.29. The molecule has 0 aromatic heterocycles. The average Bonchev–Trinajstić information content (AvgIpc) is 2.43. The summed E-state index contributed by atoms with van der Waals surface area (Å²) in [7, 11) is -1.15. The second-order valence-corrected chi connectivity index (χ2v) is 12.6. The van der Waals surface area contributed by atoms with Crippen molar-refractivity contribution in [3.05, 3.63) is 35.9 Å². The topological polar surface area (TPSA) is 64.3 Å². The Morgan fingerprint density at radius 1 is 1.29 bits per heavy atom. The Kier molecular flexibility index (Phi) is 6.42. The van der Waals surface area contributed by atoms with E-state index in [1.807, 2.05) is 37.3 Å². The number of alkyl carbamates (subject to hydrolysis) is 1. The largest absolute Gasteiger partial charge is 0.445 e. The van der Waals surface area contributed by atoms with Crippen LogP contribution in [-0.2, 0) is 11.3 Å². The number of rotatable bonds is 7. The van der Waals surface area contributed by atoms with Crippen LogP contribution in [0.4, 0.5) is 4.79 Å². The smallest absolute Gasteiger partial charge is 0.407 e. The van der Waals surface area contributed by atoms with Crippen molar-refractivity contribution >= 4 is 14.2 Å². The molecule has 5 heteroatoms. The molecule has 0 saturated carbocycles. The Morgan fingerprint density at radius 2 is 1.90 bits per heavy atom. The summed E-state index contributed by atoms with van der Waals surface area (Å²) in [6.45, 7) is 9.63. The summed E-state index contributed by atoms with van der Waals surface area (Å²) in [6.07, 6.45) is 0.488. The summed E-state index contributed by atoms with van der Waals surface area (Å²) >= 11 is 0. The molecule has 0 fully saturated rings. The second kappa shape index (κ2) is 7.61. The van der Waals surface area contributed by atoms with Crippen molar-refractivity contribution in [2.45, 2.75) is 51.2 Å². The maximum Gasteiger partial charge on any atom is 0.407 e. The number of amides is 1. The van der Waals surface area contributed by atoms with Crippen LogP contribution in [0.1, 0.15) is 18.9 Å². The third-order valence-corrected chi connectivity index (χ3v) is 5.24. The molecular formula is C16H28N2O2Si. The van der Waals surface area contributed by atoms with Crippen molar-refractivity contribution in [1.29, 1.82) is 0 Å². The fraction of sp³-hybridized carbons (Fsp3) is 0.562. The fourth-order valence-corrected chi connectivity index (χ4v) is 3.17. The van der Waals surface area contributed by atoms with Crippen LogP contribution in [0.3, 0.4) is 0 Å². The first-order chi connectivity index (χ1) is 9.74. The van der Waals surface area contributed by atoms with Gasteiger partial charge in [0.05, 0.1) is 5.54 Å². The number of hydrogen-bond donors (Lipinski definition) is 2. The van der Waals surface area contributed by atoms with E-state index in [1.165, 1.54) is 0 Å². The van der Waals surface area contributed by atoms with Crippen molar-refractivity contribution in [2.24, 2.45) is 5.73 Å². The van der Waals surface area contributed by atoms with Crippen LogP contribution in [0.2, 0.25) is 25.7 Å². The SMILES string of the molecule is CC(CN)(CC[Si](C)(C)C)NC(=O)OCc1ccccc1. The molecule has 1 rings (SSSR count). The van der Waals surface area contributed by atoms with Gasteiger partial charge in [-0.25, -0.2) is 4.79 Å². The van der Waals surface area contributed by atoms with E-state index in [1.54, 1.807) is 0 Å². The highest BCUT2D eigenvalue weighted by Crippen LogP contribution is 2.19. The lowest BCUT2D eigenvalue weighted by Crippen LogP contribution is -2.52. The van der Waals surface area contributed by atoms with Crippen molar-refractivity contribution in [1.82, 2.24) is 5.32 Å². The van der Waals surface area contributed by atoms with Gasteiger partial charge >= 0.3 is 6.09 Å². The molecule has 0 saturated heterocycles. The van der Waals surface area contributed by atoms with E-state index in [0.29, 0.717) is 6.54 Å². The van der Waals surface area contributed by atoms with Crippen LogP contribution in [0.25, 0.3) is 0 Å². The molecule has 0 radical (unpaired) electrons. The Bertz CT molecular complexity index is 445. The van der Waals surface area contributed by atoms with Crippen molar-refractivity contribution < 1.29 is 9.53 Å². The molecule has 118 valence electrons. The number of ether oxygens (including phenoxy) is 1. The third-order valence-electron chi connectivity index (χ3n) is 3.49. The van der Waals surface area contributed by atoms with Crippen molar-refractivity contribution in [3.8, 4) is 0 Å². The van der Waals surface area contributed by atoms with Gasteiger partial charge in [-0.3, -0.25) is 0 Å². The number of hydrogen-bond acceptors (Lipinski definition) is 3. The van der Waals surface area contributed by atoms with E-state index >= 15 is 0 Å². The molecule has 3 N–H and O–H groups in total. The van der Waals surface area contributed by atoms with E-state index in [2.05, 4.69) is 25.0 Å². The Labute approximate surface area is 129 Å². The van der Waals surface area contributed by atoms with Crippen LogP contribution in [0.15, 0.2) is 30.3 Å². The molecule has 0 aliphatic heterocycles. The number of carbonyl (C=O) groups is 1. The molecule has 21 heavy (non-hydrogen) atoms. The van der Waals surface area contributed by atoms with E-state index in [0.717, 1.165) is 18.0 Å². The molecule has 1 aromatic rings. The van der Waals surface area contributed by atoms with Gasteiger partial charge in [-0.15, -0.1) is 0 Å². The maximum absolute atomic E-state index is 11.9. The predicted molar refractivity (Wildman–Crippen MR) is 90.0 cm³/mol. The second-order valence-electron chi connectivity index (χ2n) is 7.01. The van der Waals surface area contributed by atoms with Crippen LogP contribution < -0.4 is 11.1 Å². The molecule has 0 spiro atoms.